The predicted molar refractivity (Wildman–Crippen MR) is 77.0 cm³/mol. The van der Waals surface area contributed by atoms with Gasteiger partial charge < -0.3 is 4.74 Å². The van der Waals surface area contributed by atoms with Crippen LogP contribution in [0.5, 0.6) is 0 Å². The summed E-state index contributed by atoms with van der Waals surface area (Å²) in [6.45, 7) is 1.88. The monoisotopic (exact) mass is 268 g/mol. The van der Waals surface area contributed by atoms with Crippen LogP contribution in [0.1, 0.15) is 39.1 Å². The van der Waals surface area contributed by atoms with E-state index in [1.165, 1.54) is 7.11 Å². The Balaban J connectivity index is 2.19. The largest absolute Gasteiger partial charge is 0.465 e. The molecule has 0 bridgehead atoms. The summed E-state index contributed by atoms with van der Waals surface area (Å²) in [5.41, 5.74) is 2.01. The number of hydrogen-bond acceptors (Lipinski definition) is 3. The van der Waals surface area contributed by atoms with Crippen LogP contribution in [0.3, 0.4) is 0 Å². The van der Waals surface area contributed by atoms with Gasteiger partial charge in [-0.15, -0.1) is 0 Å². The molecule has 3 nitrogen and oxygen atoms in total. The Morgan fingerprint density at radius 1 is 0.900 bits per heavy atom. The summed E-state index contributed by atoms with van der Waals surface area (Å²) in [7, 11) is 1.33. The van der Waals surface area contributed by atoms with Crippen LogP contribution < -0.4 is 0 Å². The van der Waals surface area contributed by atoms with E-state index in [4.69, 9.17) is 0 Å². The third-order valence-corrected chi connectivity index (χ3v) is 3.28. The minimum absolute atomic E-state index is 0.0348. The normalized spacial score (nSPS) is 11.7. The molecule has 0 aliphatic heterocycles. The third kappa shape index (κ3) is 2.94. The molecule has 20 heavy (non-hydrogen) atoms. The lowest BCUT2D eigenvalue weighted by molar-refractivity contribution is 0.0600. The Morgan fingerprint density at radius 3 is 2.00 bits per heavy atom. The fourth-order valence-corrected chi connectivity index (χ4v) is 2.03. The SMILES string of the molecule is COC(=O)c1ccc(C(=O)C(C)c2ccccc2)cc1. The highest BCUT2D eigenvalue weighted by atomic mass is 16.5. The van der Waals surface area contributed by atoms with Crippen molar-refractivity contribution >= 4 is 11.8 Å². The molecule has 102 valence electrons. The maximum Gasteiger partial charge on any atom is 0.337 e. The highest BCUT2D eigenvalue weighted by Gasteiger charge is 2.17. The van der Waals surface area contributed by atoms with E-state index in [1.807, 2.05) is 37.3 Å². The minimum Gasteiger partial charge on any atom is -0.465 e. The molecule has 0 aliphatic carbocycles. The molecule has 0 aliphatic rings. The number of benzene rings is 2. The average molecular weight is 268 g/mol. The van der Waals surface area contributed by atoms with E-state index in [0.717, 1.165) is 5.56 Å². The van der Waals surface area contributed by atoms with Crippen molar-refractivity contribution in [3.8, 4) is 0 Å². The molecule has 0 saturated heterocycles. The molecular formula is C17H16O3. The van der Waals surface area contributed by atoms with Gasteiger partial charge in [0.05, 0.1) is 12.7 Å². The average Bonchev–Trinajstić information content (AvgIpc) is 2.53. The molecule has 2 aromatic carbocycles. The number of Topliss-reactive ketones (excluding diaryl/α,β-unsaturated/α-hetero) is 1. The molecule has 0 heterocycles. The van der Waals surface area contributed by atoms with Crippen LogP contribution >= 0.6 is 0 Å². The molecule has 2 rings (SSSR count). The Hall–Kier alpha value is -2.42. The fraction of sp³-hybridized carbons (Fsp3) is 0.176. The van der Waals surface area contributed by atoms with Crippen molar-refractivity contribution in [1.82, 2.24) is 0 Å². The van der Waals surface area contributed by atoms with E-state index in [2.05, 4.69) is 4.74 Å². The van der Waals surface area contributed by atoms with E-state index in [-0.39, 0.29) is 11.7 Å². The maximum atomic E-state index is 12.4. The van der Waals surface area contributed by atoms with E-state index in [0.29, 0.717) is 11.1 Å². The zero-order valence-corrected chi connectivity index (χ0v) is 11.5. The lowest BCUT2D eigenvalue weighted by Gasteiger charge is -2.11. The number of esters is 1. The molecule has 0 saturated carbocycles. The van der Waals surface area contributed by atoms with Crippen LogP contribution in [-0.4, -0.2) is 18.9 Å². The second kappa shape index (κ2) is 6.15. The molecular weight excluding hydrogens is 252 g/mol. The zero-order valence-electron chi connectivity index (χ0n) is 11.5. The van der Waals surface area contributed by atoms with Gasteiger partial charge in [-0.25, -0.2) is 4.79 Å². The summed E-state index contributed by atoms with van der Waals surface area (Å²) >= 11 is 0. The number of ether oxygens (including phenoxy) is 1. The molecule has 0 fully saturated rings. The maximum absolute atomic E-state index is 12.4. The number of rotatable bonds is 4. The molecule has 0 spiro atoms. The van der Waals surface area contributed by atoms with Gasteiger partial charge in [-0.1, -0.05) is 49.4 Å². The van der Waals surface area contributed by atoms with Crippen LogP contribution in [0.4, 0.5) is 0 Å². The van der Waals surface area contributed by atoms with Gasteiger partial charge in [-0.05, 0) is 17.7 Å². The van der Waals surface area contributed by atoms with Gasteiger partial charge in [0.1, 0.15) is 0 Å². The summed E-state index contributed by atoms with van der Waals surface area (Å²) in [6.07, 6.45) is 0. The molecule has 0 radical (unpaired) electrons. The van der Waals surface area contributed by atoms with Crippen molar-refractivity contribution in [2.45, 2.75) is 12.8 Å². The van der Waals surface area contributed by atoms with Crippen molar-refractivity contribution < 1.29 is 14.3 Å². The number of carbonyl (C=O) groups excluding carboxylic acids is 2. The van der Waals surface area contributed by atoms with E-state index < -0.39 is 5.97 Å². The summed E-state index contributed by atoms with van der Waals surface area (Å²) < 4.78 is 4.63. The molecule has 0 N–H and O–H groups in total. The fourth-order valence-electron chi connectivity index (χ4n) is 2.03. The zero-order chi connectivity index (χ0) is 14.5. The highest BCUT2D eigenvalue weighted by molar-refractivity contribution is 6.01. The Labute approximate surface area is 118 Å². The second-order valence-electron chi connectivity index (χ2n) is 4.57. The summed E-state index contributed by atoms with van der Waals surface area (Å²) in [5.74, 6) is -0.576. The van der Waals surface area contributed by atoms with Crippen molar-refractivity contribution in [2.24, 2.45) is 0 Å². The lowest BCUT2D eigenvalue weighted by atomic mass is 9.92. The highest BCUT2D eigenvalue weighted by Crippen LogP contribution is 2.20. The van der Waals surface area contributed by atoms with Crippen LogP contribution in [-0.2, 0) is 4.74 Å². The number of carbonyl (C=O) groups is 2. The first-order chi connectivity index (χ1) is 9.63. The summed E-state index contributed by atoms with van der Waals surface area (Å²) in [4.78, 5) is 23.7. The van der Waals surface area contributed by atoms with E-state index >= 15 is 0 Å². The molecule has 1 unspecified atom stereocenters. The number of methoxy groups -OCH3 is 1. The van der Waals surface area contributed by atoms with E-state index in [9.17, 15) is 9.59 Å². The summed E-state index contributed by atoms with van der Waals surface area (Å²) in [5, 5.41) is 0. The van der Waals surface area contributed by atoms with Gasteiger partial charge >= 0.3 is 5.97 Å². The summed E-state index contributed by atoms with van der Waals surface area (Å²) in [6, 6.07) is 16.2. The smallest absolute Gasteiger partial charge is 0.337 e. The second-order valence-corrected chi connectivity index (χ2v) is 4.57. The number of ketones is 1. The molecule has 1 atom stereocenters. The topological polar surface area (TPSA) is 43.4 Å². The van der Waals surface area contributed by atoms with Crippen molar-refractivity contribution in [3.05, 3.63) is 71.3 Å². The van der Waals surface area contributed by atoms with Crippen molar-refractivity contribution in [2.75, 3.05) is 7.11 Å². The third-order valence-electron chi connectivity index (χ3n) is 3.28. The molecule has 0 aromatic heterocycles. The van der Waals surface area contributed by atoms with Crippen molar-refractivity contribution in [1.29, 1.82) is 0 Å². The van der Waals surface area contributed by atoms with Gasteiger partial charge in [-0.2, -0.15) is 0 Å². The molecule has 2 aromatic rings. The number of hydrogen-bond donors (Lipinski definition) is 0. The van der Waals surface area contributed by atoms with Gasteiger partial charge in [0.15, 0.2) is 5.78 Å². The lowest BCUT2D eigenvalue weighted by Crippen LogP contribution is -2.10. The minimum atomic E-state index is -0.403. The van der Waals surface area contributed by atoms with Crippen LogP contribution in [0.15, 0.2) is 54.6 Å². The molecule has 3 heteroatoms. The Bertz CT molecular complexity index is 600. The Kier molecular flexibility index (Phi) is 4.31. The first-order valence-electron chi connectivity index (χ1n) is 6.41. The molecule has 0 amide bonds. The van der Waals surface area contributed by atoms with Crippen molar-refractivity contribution in [3.63, 3.8) is 0 Å². The Morgan fingerprint density at radius 2 is 1.45 bits per heavy atom. The quantitative estimate of drug-likeness (QED) is 0.630. The first-order valence-corrected chi connectivity index (χ1v) is 6.41. The first kappa shape index (κ1) is 14.0. The predicted octanol–water partition coefficient (Wildman–Crippen LogP) is 3.46. The van der Waals surface area contributed by atoms with Gasteiger partial charge in [0.25, 0.3) is 0 Å². The standard InChI is InChI=1S/C17H16O3/c1-12(13-6-4-3-5-7-13)16(18)14-8-10-15(11-9-14)17(19)20-2/h3-12H,1-2H3. The van der Waals surface area contributed by atoms with Gasteiger partial charge in [-0.3, -0.25) is 4.79 Å². The van der Waals surface area contributed by atoms with Gasteiger partial charge in [0, 0.05) is 11.5 Å². The van der Waals surface area contributed by atoms with Gasteiger partial charge in [0.2, 0.25) is 0 Å². The van der Waals surface area contributed by atoms with E-state index in [1.54, 1.807) is 24.3 Å². The van der Waals surface area contributed by atoms with Crippen LogP contribution in [0.25, 0.3) is 0 Å². The van der Waals surface area contributed by atoms with Crippen LogP contribution in [0.2, 0.25) is 0 Å². The van der Waals surface area contributed by atoms with Crippen LogP contribution in [0, 0.1) is 0 Å².